The summed E-state index contributed by atoms with van der Waals surface area (Å²) in [4.78, 5) is 0. The SMILES string of the molecule is C=C(C)CCCCCCCCCCCCCCCCCCCCCCCC. The highest BCUT2D eigenvalue weighted by Gasteiger charge is 1.96. The van der Waals surface area contributed by atoms with E-state index < -0.39 is 0 Å². The van der Waals surface area contributed by atoms with Crippen LogP contribution in [-0.4, -0.2) is 0 Å². The summed E-state index contributed by atoms with van der Waals surface area (Å²) in [7, 11) is 0. The predicted octanol–water partition coefficient (Wildman–Crippen LogP) is 10.6. The average molecular weight is 379 g/mol. The second kappa shape index (κ2) is 23.8. The Morgan fingerprint density at radius 2 is 0.630 bits per heavy atom. The molecule has 0 aliphatic rings. The van der Waals surface area contributed by atoms with Gasteiger partial charge in [0, 0.05) is 0 Å². The highest BCUT2D eigenvalue weighted by molar-refractivity contribution is 4.86. The maximum atomic E-state index is 3.98. The van der Waals surface area contributed by atoms with Crippen molar-refractivity contribution in [3.63, 3.8) is 0 Å². The Balaban J connectivity index is 2.98. The van der Waals surface area contributed by atoms with E-state index in [1.807, 2.05) is 0 Å². The van der Waals surface area contributed by atoms with Gasteiger partial charge in [-0.05, 0) is 19.8 Å². The van der Waals surface area contributed by atoms with E-state index in [-0.39, 0.29) is 0 Å². The van der Waals surface area contributed by atoms with Gasteiger partial charge in [0.1, 0.15) is 0 Å². The van der Waals surface area contributed by atoms with Gasteiger partial charge in [0.15, 0.2) is 0 Å². The molecule has 0 fully saturated rings. The number of hydrogen-bond donors (Lipinski definition) is 0. The first kappa shape index (κ1) is 26.7. The Kier molecular flexibility index (Phi) is 23.5. The molecule has 0 nitrogen and oxygen atoms in total. The molecule has 0 saturated carbocycles. The third-order valence-corrected chi connectivity index (χ3v) is 5.96. The van der Waals surface area contributed by atoms with Crippen molar-refractivity contribution >= 4 is 0 Å². The van der Waals surface area contributed by atoms with Crippen molar-refractivity contribution in [1.82, 2.24) is 0 Å². The van der Waals surface area contributed by atoms with Crippen molar-refractivity contribution in [2.75, 3.05) is 0 Å². The molecular formula is C27H54. The maximum Gasteiger partial charge on any atom is -0.0326 e. The Morgan fingerprint density at radius 1 is 0.407 bits per heavy atom. The van der Waals surface area contributed by atoms with Crippen LogP contribution in [0.5, 0.6) is 0 Å². The summed E-state index contributed by atoms with van der Waals surface area (Å²) < 4.78 is 0. The summed E-state index contributed by atoms with van der Waals surface area (Å²) >= 11 is 0. The molecule has 0 saturated heterocycles. The third kappa shape index (κ3) is 25.7. The molecule has 0 radical (unpaired) electrons. The van der Waals surface area contributed by atoms with E-state index in [1.54, 1.807) is 0 Å². The lowest BCUT2D eigenvalue weighted by atomic mass is 10.0. The van der Waals surface area contributed by atoms with Crippen LogP contribution in [0.25, 0.3) is 0 Å². The van der Waals surface area contributed by atoms with Crippen molar-refractivity contribution in [2.24, 2.45) is 0 Å². The van der Waals surface area contributed by atoms with Crippen molar-refractivity contribution in [1.29, 1.82) is 0 Å². The second-order valence-electron chi connectivity index (χ2n) is 9.13. The molecule has 0 aliphatic heterocycles. The number of allylic oxidation sites excluding steroid dienone is 1. The molecule has 0 aromatic heterocycles. The molecule has 0 amide bonds. The second-order valence-corrected chi connectivity index (χ2v) is 9.13. The van der Waals surface area contributed by atoms with Gasteiger partial charge in [-0.25, -0.2) is 0 Å². The molecule has 162 valence electrons. The van der Waals surface area contributed by atoms with E-state index in [0.717, 1.165) is 0 Å². The smallest absolute Gasteiger partial charge is 0.0326 e. The highest BCUT2D eigenvalue weighted by atomic mass is 14.0. The van der Waals surface area contributed by atoms with Crippen LogP contribution in [0.3, 0.4) is 0 Å². The highest BCUT2D eigenvalue weighted by Crippen LogP contribution is 2.15. The first-order valence-corrected chi connectivity index (χ1v) is 12.9. The van der Waals surface area contributed by atoms with E-state index >= 15 is 0 Å². The van der Waals surface area contributed by atoms with Gasteiger partial charge < -0.3 is 0 Å². The average Bonchev–Trinajstić information content (AvgIpc) is 2.65. The van der Waals surface area contributed by atoms with Gasteiger partial charge in [-0.1, -0.05) is 147 Å². The van der Waals surface area contributed by atoms with Gasteiger partial charge in [0.2, 0.25) is 0 Å². The summed E-state index contributed by atoms with van der Waals surface area (Å²) in [5.41, 5.74) is 1.35. The van der Waals surface area contributed by atoms with Gasteiger partial charge in [0.25, 0.3) is 0 Å². The van der Waals surface area contributed by atoms with Crippen LogP contribution in [0.4, 0.5) is 0 Å². The molecular weight excluding hydrogens is 324 g/mol. The van der Waals surface area contributed by atoms with Gasteiger partial charge in [-0.2, -0.15) is 0 Å². The Hall–Kier alpha value is -0.260. The van der Waals surface area contributed by atoms with E-state index in [2.05, 4.69) is 20.4 Å². The Bertz CT molecular complexity index is 278. The predicted molar refractivity (Wildman–Crippen MR) is 127 cm³/mol. The largest absolute Gasteiger partial charge is 0.100 e. The van der Waals surface area contributed by atoms with Crippen molar-refractivity contribution in [3.8, 4) is 0 Å². The molecule has 0 heteroatoms. The lowest BCUT2D eigenvalue weighted by Gasteiger charge is -2.04. The van der Waals surface area contributed by atoms with Gasteiger partial charge in [-0.15, -0.1) is 6.58 Å². The zero-order chi connectivity index (χ0) is 19.8. The first-order chi connectivity index (χ1) is 13.3. The van der Waals surface area contributed by atoms with Gasteiger partial charge in [-0.3, -0.25) is 0 Å². The molecule has 0 N–H and O–H groups in total. The molecule has 0 aromatic rings. The van der Waals surface area contributed by atoms with Crippen LogP contribution in [0.15, 0.2) is 12.2 Å². The van der Waals surface area contributed by atoms with Crippen LogP contribution >= 0.6 is 0 Å². The summed E-state index contributed by atoms with van der Waals surface area (Å²) in [6.07, 6.45) is 33.4. The number of hydrogen-bond acceptors (Lipinski definition) is 0. The zero-order valence-electron chi connectivity index (χ0n) is 19.5. The van der Waals surface area contributed by atoms with Gasteiger partial charge >= 0.3 is 0 Å². The monoisotopic (exact) mass is 378 g/mol. The van der Waals surface area contributed by atoms with Crippen LogP contribution in [0.2, 0.25) is 0 Å². The third-order valence-electron chi connectivity index (χ3n) is 5.96. The molecule has 0 bridgehead atoms. The van der Waals surface area contributed by atoms with Crippen molar-refractivity contribution < 1.29 is 0 Å². The fourth-order valence-corrected chi connectivity index (χ4v) is 4.04. The van der Waals surface area contributed by atoms with E-state index in [1.165, 1.54) is 153 Å². The molecule has 0 spiro atoms. The minimum atomic E-state index is 1.24. The van der Waals surface area contributed by atoms with Gasteiger partial charge in [0.05, 0.1) is 0 Å². The number of rotatable bonds is 23. The Labute approximate surface area is 174 Å². The minimum Gasteiger partial charge on any atom is -0.100 e. The lowest BCUT2D eigenvalue weighted by molar-refractivity contribution is 0.519. The quantitative estimate of drug-likeness (QED) is 0.122. The molecule has 0 atom stereocenters. The standard InChI is InChI=1S/C27H54/c1-4-5-6-7-8-9-10-11-12-13-14-15-16-17-18-19-20-21-22-23-24-25-26-27(2)3/h2,4-26H2,1,3H3. The van der Waals surface area contributed by atoms with E-state index in [9.17, 15) is 0 Å². The van der Waals surface area contributed by atoms with E-state index in [4.69, 9.17) is 0 Å². The molecule has 0 rings (SSSR count). The normalized spacial score (nSPS) is 11.2. The zero-order valence-corrected chi connectivity index (χ0v) is 19.5. The summed E-state index contributed by atoms with van der Waals surface area (Å²) in [6.45, 7) is 8.43. The summed E-state index contributed by atoms with van der Waals surface area (Å²) in [5.74, 6) is 0. The minimum absolute atomic E-state index is 1.24. The summed E-state index contributed by atoms with van der Waals surface area (Å²) in [6, 6.07) is 0. The molecule has 0 unspecified atom stereocenters. The molecule has 0 aliphatic carbocycles. The first-order valence-electron chi connectivity index (χ1n) is 12.9. The van der Waals surface area contributed by atoms with Crippen LogP contribution < -0.4 is 0 Å². The number of unbranched alkanes of at least 4 members (excludes halogenated alkanes) is 21. The topological polar surface area (TPSA) is 0 Å². The van der Waals surface area contributed by atoms with E-state index in [0.29, 0.717) is 0 Å². The van der Waals surface area contributed by atoms with Crippen LogP contribution in [0, 0.1) is 0 Å². The molecule has 27 heavy (non-hydrogen) atoms. The fraction of sp³-hybridized carbons (Fsp3) is 0.926. The molecule has 0 heterocycles. The maximum absolute atomic E-state index is 3.98. The molecule has 0 aromatic carbocycles. The van der Waals surface area contributed by atoms with Crippen LogP contribution in [0.1, 0.15) is 162 Å². The Morgan fingerprint density at radius 3 is 0.852 bits per heavy atom. The van der Waals surface area contributed by atoms with Crippen molar-refractivity contribution in [3.05, 3.63) is 12.2 Å². The fourth-order valence-electron chi connectivity index (χ4n) is 4.04. The van der Waals surface area contributed by atoms with Crippen molar-refractivity contribution in [2.45, 2.75) is 162 Å². The van der Waals surface area contributed by atoms with Crippen LogP contribution in [-0.2, 0) is 0 Å². The lowest BCUT2D eigenvalue weighted by Crippen LogP contribution is -1.84. The summed E-state index contributed by atoms with van der Waals surface area (Å²) in [5, 5.41) is 0.